The van der Waals surface area contributed by atoms with Crippen LogP contribution in [-0.4, -0.2) is 37.9 Å². The molecule has 1 saturated carbocycles. The fraction of sp³-hybridized carbons (Fsp3) is 0.400. The Bertz CT molecular complexity index is 1260. The predicted octanol–water partition coefficient (Wildman–Crippen LogP) is 6.28. The minimum absolute atomic E-state index is 0.0177. The van der Waals surface area contributed by atoms with Gasteiger partial charge in [-0.25, -0.2) is 18.7 Å². The minimum atomic E-state index is -4.72. The zero-order chi connectivity index (χ0) is 26.8. The maximum atomic E-state index is 13.8. The van der Waals surface area contributed by atoms with Crippen LogP contribution in [0, 0.1) is 0 Å². The zero-order valence-corrected chi connectivity index (χ0v) is 20.0. The van der Waals surface area contributed by atoms with Crippen molar-refractivity contribution in [3.63, 3.8) is 0 Å². The number of rotatable bonds is 6. The van der Waals surface area contributed by atoms with Gasteiger partial charge in [0.05, 0.1) is 34.3 Å². The van der Waals surface area contributed by atoms with E-state index < -0.39 is 35.2 Å². The van der Waals surface area contributed by atoms with Crippen molar-refractivity contribution in [1.29, 1.82) is 0 Å². The summed E-state index contributed by atoms with van der Waals surface area (Å²) < 4.78 is 74.4. The second-order valence-electron chi connectivity index (χ2n) is 9.02. The SMILES string of the molecule is CC(C)Oc1ncc(C(=O)Nc2c(-c3ncccc3C(F)(F)F)ccnc2C2CCC(F)(F)CC2)cn1. The van der Waals surface area contributed by atoms with Crippen LogP contribution in [-0.2, 0) is 6.18 Å². The first-order chi connectivity index (χ1) is 17.4. The van der Waals surface area contributed by atoms with Gasteiger partial charge >= 0.3 is 12.2 Å². The van der Waals surface area contributed by atoms with E-state index >= 15 is 0 Å². The molecule has 0 spiro atoms. The van der Waals surface area contributed by atoms with Crippen LogP contribution in [0.3, 0.4) is 0 Å². The van der Waals surface area contributed by atoms with Crippen molar-refractivity contribution in [3.05, 3.63) is 59.8 Å². The molecule has 0 bridgehead atoms. The number of nitrogens with zero attached hydrogens (tertiary/aromatic N) is 4. The van der Waals surface area contributed by atoms with E-state index in [1.54, 1.807) is 13.8 Å². The van der Waals surface area contributed by atoms with Crippen molar-refractivity contribution >= 4 is 11.6 Å². The molecular weight excluding hydrogens is 497 g/mol. The molecule has 12 heteroatoms. The molecule has 0 saturated heterocycles. The van der Waals surface area contributed by atoms with Gasteiger partial charge in [0, 0.05) is 49.1 Å². The highest BCUT2D eigenvalue weighted by Gasteiger charge is 2.38. The monoisotopic (exact) mass is 521 g/mol. The summed E-state index contributed by atoms with van der Waals surface area (Å²) in [5.41, 5.74) is -1.22. The number of carbonyl (C=O) groups excluding carboxylic acids is 1. The second-order valence-corrected chi connectivity index (χ2v) is 9.02. The lowest BCUT2D eigenvalue weighted by molar-refractivity contribution is -0.137. The molecule has 1 fully saturated rings. The van der Waals surface area contributed by atoms with E-state index in [9.17, 15) is 26.7 Å². The topological polar surface area (TPSA) is 89.9 Å². The lowest BCUT2D eigenvalue weighted by atomic mass is 9.83. The Hall–Kier alpha value is -3.70. The third kappa shape index (κ3) is 6.17. The summed E-state index contributed by atoms with van der Waals surface area (Å²) in [4.78, 5) is 29.3. The van der Waals surface area contributed by atoms with E-state index in [-0.39, 0.29) is 60.3 Å². The molecule has 0 aromatic carbocycles. The van der Waals surface area contributed by atoms with Gasteiger partial charge in [0.15, 0.2) is 0 Å². The molecule has 3 aromatic heterocycles. The van der Waals surface area contributed by atoms with Gasteiger partial charge in [-0.3, -0.25) is 14.8 Å². The number of halogens is 5. The highest BCUT2D eigenvalue weighted by molar-refractivity contribution is 6.06. The summed E-state index contributed by atoms with van der Waals surface area (Å²) in [6, 6.07) is 3.41. The molecule has 0 atom stereocenters. The molecule has 0 radical (unpaired) electrons. The lowest BCUT2D eigenvalue weighted by Gasteiger charge is -2.29. The Kier molecular flexibility index (Phi) is 7.37. The number of alkyl halides is 5. The average molecular weight is 521 g/mol. The first-order valence-corrected chi connectivity index (χ1v) is 11.6. The maximum absolute atomic E-state index is 13.8. The number of pyridine rings is 2. The molecule has 7 nitrogen and oxygen atoms in total. The van der Waals surface area contributed by atoms with E-state index in [0.717, 1.165) is 12.1 Å². The molecule has 37 heavy (non-hydrogen) atoms. The summed E-state index contributed by atoms with van der Waals surface area (Å²) >= 11 is 0. The van der Waals surface area contributed by atoms with Crippen molar-refractivity contribution in [1.82, 2.24) is 19.9 Å². The summed E-state index contributed by atoms with van der Waals surface area (Å²) in [7, 11) is 0. The average Bonchev–Trinajstić information content (AvgIpc) is 2.84. The van der Waals surface area contributed by atoms with Gasteiger partial charge in [0.1, 0.15) is 0 Å². The van der Waals surface area contributed by atoms with Crippen molar-refractivity contribution in [2.24, 2.45) is 0 Å². The third-order valence-electron chi connectivity index (χ3n) is 5.92. The highest BCUT2D eigenvalue weighted by Crippen LogP contribution is 2.45. The largest absolute Gasteiger partial charge is 0.461 e. The van der Waals surface area contributed by atoms with Crippen LogP contribution in [0.1, 0.15) is 67.1 Å². The number of anilines is 1. The van der Waals surface area contributed by atoms with Crippen LogP contribution in [0.2, 0.25) is 0 Å². The number of aromatic nitrogens is 4. The molecule has 4 rings (SSSR count). The van der Waals surface area contributed by atoms with Crippen molar-refractivity contribution in [3.8, 4) is 17.3 Å². The van der Waals surface area contributed by atoms with Crippen molar-refractivity contribution < 1.29 is 31.5 Å². The number of nitrogens with one attached hydrogen (secondary N) is 1. The van der Waals surface area contributed by atoms with Crippen LogP contribution in [0.15, 0.2) is 43.0 Å². The van der Waals surface area contributed by atoms with E-state index in [1.165, 1.54) is 30.9 Å². The summed E-state index contributed by atoms with van der Waals surface area (Å²) in [5.74, 6) is -4.03. The van der Waals surface area contributed by atoms with Crippen molar-refractivity contribution in [2.75, 3.05) is 5.32 Å². The Balaban J connectivity index is 1.77. The number of hydrogen-bond acceptors (Lipinski definition) is 6. The number of ether oxygens (including phenoxy) is 1. The molecule has 0 unspecified atom stereocenters. The van der Waals surface area contributed by atoms with Gasteiger partial charge in [-0.05, 0) is 44.9 Å². The van der Waals surface area contributed by atoms with Gasteiger partial charge < -0.3 is 10.1 Å². The normalized spacial score (nSPS) is 16.0. The Morgan fingerprint density at radius 3 is 2.35 bits per heavy atom. The second kappa shape index (κ2) is 10.3. The van der Waals surface area contributed by atoms with Gasteiger partial charge in [0.25, 0.3) is 5.91 Å². The van der Waals surface area contributed by atoms with Gasteiger partial charge in [-0.2, -0.15) is 13.2 Å². The zero-order valence-electron chi connectivity index (χ0n) is 20.0. The first-order valence-electron chi connectivity index (χ1n) is 11.6. The van der Waals surface area contributed by atoms with E-state index in [1.807, 2.05) is 0 Å². The molecule has 3 aromatic rings. The summed E-state index contributed by atoms with van der Waals surface area (Å²) in [6.45, 7) is 3.56. The summed E-state index contributed by atoms with van der Waals surface area (Å²) in [5, 5.41) is 2.63. The molecule has 196 valence electrons. The lowest BCUT2D eigenvalue weighted by Crippen LogP contribution is -2.25. The van der Waals surface area contributed by atoms with Gasteiger partial charge in [-0.15, -0.1) is 0 Å². The molecule has 1 amide bonds. The predicted molar refractivity (Wildman–Crippen MR) is 124 cm³/mol. The molecule has 0 aliphatic heterocycles. The van der Waals surface area contributed by atoms with E-state index in [4.69, 9.17) is 4.74 Å². The molecule has 1 N–H and O–H groups in total. The Labute approximate surface area is 209 Å². The highest BCUT2D eigenvalue weighted by atomic mass is 19.4. The third-order valence-corrected chi connectivity index (χ3v) is 5.92. The fourth-order valence-corrected chi connectivity index (χ4v) is 4.17. The van der Waals surface area contributed by atoms with Crippen LogP contribution in [0.25, 0.3) is 11.3 Å². The first kappa shape index (κ1) is 26.4. The minimum Gasteiger partial charge on any atom is -0.461 e. The molecular formula is C25H24F5N5O2. The number of carbonyl (C=O) groups is 1. The fourth-order valence-electron chi connectivity index (χ4n) is 4.17. The molecule has 1 aliphatic carbocycles. The smallest absolute Gasteiger partial charge is 0.418 e. The van der Waals surface area contributed by atoms with Crippen LogP contribution >= 0.6 is 0 Å². The van der Waals surface area contributed by atoms with Gasteiger partial charge in [0.2, 0.25) is 5.92 Å². The van der Waals surface area contributed by atoms with Crippen molar-refractivity contribution in [2.45, 2.75) is 63.7 Å². The molecule has 1 aliphatic rings. The quantitative estimate of drug-likeness (QED) is 0.384. The Morgan fingerprint density at radius 1 is 1.05 bits per heavy atom. The molecule has 3 heterocycles. The summed E-state index contributed by atoms with van der Waals surface area (Å²) in [6.07, 6.45) is -0.625. The van der Waals surface area contributed by atoms with E-state index in [0.29, 0.717) is 0 Å². The van der Waals surface area contributed by atoms with E-state index in [2.05, 4.69) is 25.3 Å². The van der Waals surface area contributed by atoms with Crippen LogP contribution in [0.5, 0.6) is 6.01 Å². The maximum Gasteiger partial charge on any atom is 0.418 e. The number of hydrogen-bond donors (Lipinski definition) is 1. The number of amides is 1. The van der Waals surface area contributed by atoms with Gasteiger partial charge in [-0.1, -0.05) is 0 Å². The van der Waals surface area contributed by atoms with Crippen LogP contribution < -0.4 is 10.1 Å². The Morgan fingerprint density at radius 2 is 1.73 bits per heavy atom. The standard InChI is InChI=1S/C25H24F5N5O2/c1-14(2)37-23-33-12-16(13-34-23)22(36)35-21-17(20-18(25(28,29)30)4-3-10-31-20)7-11-32-19(21)15-5-8-24(26,27)9-6-15/h3-4,7,10-15H,5-6,8-9H2,1-2H3,(H,35,36). The van der Waals surface area contributed by atoms with Crippen LogP contribution in [0.4, 0.5) is 27.6 Å².